The number of carbonyl (C=O) groups is 1. The number of carbonyl (C=O) groups excluding carboxylic acids is 1. The van der Waals surface area contributed by atoms with Gasteiger partial charge in [-0.1, -0.05) is 25.7 Å². The fourth-order valence-corrected chi connectivity index (χ4v) is 2.46. The molecule has 0 radical (unpaired) electrons. The number of ether oxygens (including phenoxy) is 2. The number of hydrogen-bond donors (Lipinski definition) is 0. The maximum atomic E-state index is 11.6. The third-order valence-electron chi connectivity index (χ3n) is 3.62. The van der Waals surface area contributed by atoms with Crippen LogP contribution in [0.1, 0.15) is 51.4 Å². The maximum absolute atomic E-state index is 11.6. The Hall–Kier alpha value is -0.570. The zero-order valence-corrected chi connectivity index (χ0v) is 10.1. The van der Waals surface area contributed by atoms with E-state index in [1.807, 2.05) is 0 Å². The van der Waals surface area contributed by atoms with Gasteiger partial charge in [0, 0.05) is 0 Å². The summed E-state index contributed by atoms with van der Waals surface area (Å²) in [7, 11) is 1.45. The predicted molar refractivity (Wildman–Crippen MR) is 61.1 cm³/mol. The van der Waals surface area contributed by atoms with Gasteiger partial charge in [-0.3, -0.25) is 0 Å². The summed E-state index contributed by atoms with van der Waals surface area (Å²) >= 11 is 0. The van der Waals surface area contributed by atoms with Crippen molar-refractivity contribution in [2.45, 2.75) is 63.6 Å². The predicted octanol–water partition coefficient (Wildman–Crippen LogP) is 2.68. The van der Waals surface area contributed by atoms with Crippen molar-refractivity contribution < 1.29 is 14.3 Å². The summed E-state index contributed by atoms with van der Waals surface area (Å²) in [5.41, 5.74) is 0. The molecule has 0 bridgehead atoms. The minimum Gasteiger partial charge on any atom is -0.467 e. The number of methoxy groups -OCH3 is 1. The van der Waals surface area contributed by atoms with E-state index in [2.05, 4.69) is 0 Å². The van der Waals surface area contributed by atoms with Gasteiger partial charge in [0.2, 0.25) is 0 Å². The molecule has 0 aromatic heterocycles. The number of esters is 1. The van der Waals surface area contributed by atoms with Crippen LogP contribution >= 0.6 is 0 Å². The van der Waals surface area contributed by atoms with Gasteiger partial charge in [0.25, 0.3) is 0 Å². The first kappa shape index (κ1) is 11.9. The van der Waals surface area contributed by atoms with E-state index in [1.165, 1.54) is 32.8 Å². The van der Waals surface area contributed by atoms with Crippen LogP contribution in [0.25, 0.3) is 0 Å². The van der Waals surface area contributed by atoms with Crippen molar-refractivity contribution in [3.05, 3.63) is 0 Å². The molecular weight excluding hydrogens is 204 g/mol. The fourth-order valence-electron chi connectivity index (χ4n) is 2.46. The van der Waals surface area contributed by atoms with Crippen molar-refractivity contribution in [1.29, 1.82) is 0 Å². The van der Waals surface area contributed by atoms with E-state index in [1.54, 1.807) is 0 Å². The molecule has 16 heavy (non-hydrogen) atoms. The largest absolute Gasteiger partial charge is 0.467 e. The zero-order chi connectivity index (χ0) is 11.4. The van der Waals surface area contributed by atoms with Crippen LogP contribution in [0.3, 0.4) is 0 Å². The van der Waals surface area contributed by atoms with Crippen molar-refractivity contribution in [2.24, 2.45) is 5.92 Å². The first-order valence-corrected chi connectivity index (χ1v) is 6.54. The van der Waals surface area contributed by atoms with Crippen LogP contribution in [0.4, 0.5) is 0 Å². The average Bonchev–Trinajstić information content (AvgIpc) is 3.11. The van der Waals surface area contributed by atoms with E-state index in [4.69, 9.17) is 9.47 Å². The first-order chi connectivity index (χ1) is 7.81. The van der Waals surface area contributed by atoms with Gasteiger partial charge in [0.15, 0.2) is 6.10 Å². The Kier molecular flexibility index (Phi) is 4.22. The first-order valence-electron chi connectivity index (χ1n) is 6.54. The van der Waals surface area contributed by atoms with Crippen LogP contribution < -0.4 is 0 Å². The highest BCUT2D eigenvalue weighted by Crippen LogP contribution is 2.36. The summed E-state index contributed by atoms with van der Waals surface area (Å²) in [5, 5.41) is 0. The molecule has 1 atom stereocenters. The molecule has 0 aromatic carbocycles. The molecule has 1 unspecified atom stereocenters. The fraction of sp³-hybridized carbons (Fsp3) is 0.923. The molecule has 0 amide bonds. The Balaban J connectivity index is 1.86. The zero-order valence-electron chi connectivity index (χ0n) is 10.1. The Morgan fingerprint density at radius 3 is 2.19 bits per heavy atom. The molecule has 0 aromatic rings. The van der Waals surface area contributed by atoms with Gasteiger partial charge in [0.05, 0.1) is 13.2 Å². The minimum atomic E-state index is -0.284. The van der Waals surface area contributed by atoms with Crippen molar-refractivity contribution in [3.8, 4) is 0 Å². The van der Waals surface area contributed by atoms with E-state index >= 15 is 0 Å². The Labute approximate surface area is 97.5 Å². The van der Waals surface area contributed by atoms with Gasteiger partial charge in [-0.25, -0.2) is 4.79 Å². The molecule has 0 N–H and O–H groups in total. The molecule has 2 fully saturated rings. The quantitative estimate of drug-likeness (QED) is 0.546. The second kappa shape index (κ2) is 5.67. The van der Waals surface area contributed by atoms with E-state index in [-0.39, 0.29) is 18.2 Å². The maximum Gasteiger partial charge on any atom is 0.335 e. The highest BCUT2D eigenvalue weighted by Gasteiger charge is 2.39. The third kappa shape index (κ3) is 3.21. The van der Waals surface area contributed by atoms with Crippen LogP contribution in [0.15, 0.2) is 0 Å². The second-order valence-electron chi connectivity index (χ2n) is 5.03. The van der Waals surface area contributed by atoms with Crippen LogP contribution in [0.2, 0.25) is 0 Å². The minimum absolute atomic E-state index is 0.174. The average molecular weight is 226 g/mol. The summed E-state index contributed by atoms with van der Waals surface area (Å²) < 4.78 is 10.8. The van der Waals surface area contributed by atoms with Gasteiger partial charge in [-0.2, -0.15) is 0 Å². The summed E-state index contributed by atoms with van der Waals surface area (Å²) in [6.45, 7) is 0. The Morgan fingerprint density at radius 2 is 1.69 bits per heavy atom. The van der Waals surface area contributed by atoms with E-state index < -0.39 is 0 Å². The molecular formula is C13H22O3. The van der Waals surface area contributed by atoms with Crippen molar-refractivity contribution >= 4 is 5.97 Å². The number of rotatable bonds is 4. The molecule has 0 spiro atoms. The van der Waals surface area contributed by atoms with Crippen molar-refractivity contribution in [1.82, 2.24) is 0 Å². The lowest BCUT2D eigenvalue weighted by Crippen LogP contribution is -2.32. The molecule has 3 nitrogen and oxygen atoms in total. The van der Waals surface area contributed by atoms with Crippen molar-refractivity contribution in [2.75, 3.05) is 7.11 Å². The van der Waals surface area contributed by atoms with Crippen LogP contribution in [-0.2, 0) is 14.3 Å². The number of hydrogen-bond acceptors (Lipinski definition) is 3. The molecule has 2 aliphatic rings. The standard InChI is InChI=1S/C13H22O3/c1-15-13(14)12(10-8-9-10)16-11-6-4-2-3-5-7-11/h10-12H,2-9H2,1H3. The molecule has 0 aliphatic heterocycles. The molecule has 2 rings (SSSR count). The summed E-state index contributed by atoms with van der Waals surface area (Å²) in [6, 6.07) is 0. The lowest BCUT2D eigenvalue weighted by atomic mass is 10.1. The molecule has 0 heterocycles. The van der Waals surface area contributed by atoms with E-state index in [0.717, 1.165) is 25.7 Å². The Bertz CT molecular complexity index is 227. The van der Waals surface area contributed by atoms with Crippen LogP contribution in [-0.4, -0.2) is 25.3 Å². The lowest BCUT2D eigenvalue weighted by Gasteiger charge is -2.22. The van der Waals surface area contributed by atoms with Gasteiger partial charge in [-0.05, 0) is 31.6 Å². The molecule has 0 saturated heterocycles. The highest BCUT2D eigenvalue weighted by molar-refractivity contribution is 5.75. The normalized spacial score (nSPS) is 24.8. The summed E-state index contributed by atoms with van der Waals surface area (Å²) in [6.07, 6.45) is 9.56. The Morgan fingerprint density at radius 1 is 1.06 bits per heavy atom. The highest BCUT2D eigenvalue weighted by atomic mass is 16.6. The summed E-state index contributed by atoms with van der Waals surface area (Å²) in [4.78, 5) is 11.6. The summed E-state index contributed by atoms with van der Waals surface area (Å²) in [5.74, 6) is 0.252. The van der Waals surface area contributed by atoms with Crippen molar-refractivity contribution in [3.63, 3.8) is 0 Å². The van der Waals surface area contributed by atoms with Crippen LogP contribution in [0, 0.1) is 5.92 Å². The second-order valence-corrected chi connectivity index (χ2v) is 5.03. The third-order valence-corrected chi connectivity index (χ3v) is 3.62. The monoisotopic (exact) mass is 226 g/mol. The molecule has 2 saturated carbocycles. The van der Waals surface area contributed by atoms with Gasteiger partial charge in [0.1, 0.15) is 0 Å². The SMILES string of the molecule is COC(=O)C(OC1CCCCCC1)C1CC1. The molecule has 3 heteroatoms. The molecule has 92 valence electrons. The topological polar surface area (TPSA) is 35.5 Å². The van der Waals surface area contributed by atoms with Crippen LogP contribution in [0.5, 0.6) is 0 Å². The van der Waals surface area contributed by atoms with Gasteiger partial charge >= 0.3 is 5.97 Å². The van der Waals surface area contributed by atoms with Gasteiger partial charge in [-0.15, -0.1) is 0 Å². The van der Waals surface area contributed by atoms with E-state index in [9.17, 15) is 4.79 Å². The lowest BCUT2D eigenvalue weighted by molar-refractivity contribution is -0.160. The van der Waals surface area contributed by atoms with E-state index in [0.29, 0.717) is 5.92 Å². The molecule has 2 aliphatic carbocycles. The smallest absolute Gasteiger partial charge is 0.335 e. The van der Waals surface area contributed by atoms with Gasteiger partial charge < -0.3 is 9.47 Å².